The van der Waals surface area contributed by atoms with Crippen LogP contribution in [0.5, 0.6) is 0 Å². The maximum absolute atomic E-state index is 12.4. The molecule has 1 aliphatic heterocycles. The smallest absolute Gasteiger partial charge is 0.395 e. The molecule has 136 valence electrons. The highest BCUT2D eigenvalue weighted by Crippen LogP contribution is 2.28. The van der Waals surface area contributed by atoms with Crippen LogP contribution in [0.15, 0.2) is 18.3 Å². The maximum atomic E-state index is 12.4. The Morgan fingerprint density at radius 3 is 2.25 bits per heavy atom. The third-order valence-corrected chi connectivity index (χ3v) is 4.18. The van der Waals surface area contributed by atoms with Gasteiger partial charge in [-0.1, -0.05) is 0 Å². The molecule has 0 saturated carbocycles. The molecule has 0 radical (unpaired) electrons. The summed E-state index contributed by atoms with van der Waals surface area (Å²) in [5.41, 5.74) is -0.728. The highest BCUT2D eigenvalue weighted by molar-refractivity contribution is 5.35. The van der Waals surface area contributed by atoms with Crippen molar-refractivity contribution in [2.75, 3.05) is 57.7 Å². The van der Waals surface area contributed by atoms with Gasteiger partial charge in [-0.2, -0.15) is 13.2 Å². The van der Waals surface area contributed by atoms with Crippen molar-refractivity contribution in [3.8, 4) is 0 Å². The van der Waals surface area contributed by atoms with Gasteiger partial charge in [0, 0.05) is 45.5 Å². The zero-order valence-electron chi connectivity index (χ0n) is 13.7. The van der Waals surface area contributed by atoms with Crippen LogP contribution in [0.4, 0.5) is 19.0 Å². The predicted molar refractivity (Wildman–Crippen MR) is 86.9 cm³/mol. The largest absolute Gasteiger partial charge is 0.417 e. The quantitative estimate of drug-likeness (QED) is 0.704. The molecular formula is C16H25F3N4O. The summed E-state index contributed by atoms with van der Waals surface area (Å²) in [6.07, 6.45) is -1.51. The van der Waals surface area contributed by atoms with Crippen molar-refractivity contribution in [1.82, 2.24) is 14.8 Å². The highest BCUT2D eigenvalue weighted by atomic mass is 19.4. The number of rotatable bonds is 8. The van der Waals surface area contributed by atoms with Crippen LogP contribution < -0.4 is 5.32 Å². The fraction of sp³-hybridized carbons (Fsp3) is 0.688. The summed E-state index contributed by atoms with van der Waals surface area (Å²) in [6, 6.07) is 2.41. The normalized spacial score (nSPS) is 17.2. The molecule has 0 atom stereocenters. The van der Waals surface area contributed by atoms with Gasteiger partial charge in [-0.05, 0) is 31.5 Å². The SMILES string of the molecule is OCCN1CCN(CCCCNc2ccc(C(F)(F)F)cn2)CC1. The van der Waals surface area contributed by atoms with Gasteiger partial charge in [-0.3, -0.25) is 4.90 Å². The minimum Gasteiger partial charge on any atom is -0.395 e. The van der Waals surface area contributed by atoms with Crippen molar-refractivity contribution in [2.45, 2.75) is 19.0 Å². The van der Waals surface area contributed by atoms with E-state index in [0.29, 0.717) is 12.4 Å². The van der Waals surface area contributed by atoms with Crippen molar-refractivity contribution in [2.24, 2.45) is 0 Å². The Morgan fingerprint density at radius 1 is 1.04 bits per heavy atom. The van der Waals surface area contributed by atoms with Crippen LogP contribution in [0.2, 0.25) is 0 Å². The predicted octanol–water partition coefficient (Wildman–Crippen LogP) is 1.90. The Balaban J connectivity index is 1.57. The number of halogens is 3. The van der Waals surface area contributed by atoms with E-state index in [1.807, 2.05) is 0 Å². The van der Waals surface area contributed by atoms with Crippen molar-refractivity contribution in [3.63, 3.8) is 0 Å². The third kappa shape index (κ3) is 6.26. The lowest BCUT2D eigenvalue weighted by Gasteiger charge is -2.34. The van der Waals surface area contributed by atoms with E-state index in [0.717, 1.165) is 64.4 Å². The number of β-amino-alcohol motifs (C(OH)–C–C–N with tert-alkyl or cyclic N) is 1. The van der Waals surface area contributed by atoms with Crippen molar-refractivity contribution in [3.05, 3.63) is 23.9 Å². The molecule has 0 aliphatic carbocycles. The van der Waals surface area contributed by atoms with Gasteiger partial charge in [-0.25, -0.2) is 4.98 Å². The van der Waals surface area contributed by atoms with Gasteiger partial charge < -0.3 is 15.3 Å². The first-order valence-electron chi connectivity index (χ1n) is 8.32. The Kier molecular flexibility index (Phi) is 7.26. The number of hydrogen-bond acceptors (Lipinski definition) is 5. The van der Waals surface area contributed by atoms with Gasteiger partial charge in [0.25, 0.3) is 0 Å². The fourth-order valence-electron chi connectivity index (χ4n) is 2.72. The van der Waals surface area contributed by atoms with Crippen LogP contribution in [-0.2, 0) is 6.18 Å². The van der Waals surface area contributed by atoms with Gasteiger partial charge in [0.05, 0.1) is 12.2 Å². The number of unbranched alkanes of at least 4 members (excludes halogenated alkanes) is 1. The van der Waals surface area contributed by atoms with E-state index < -0.39 is 11.7 Å². The summed E-state index contributed by atoms with van der Waals surface area (Å²) >= 11 is 0. The summed E-state index contributed by atoms with van der Waals surface area (Å²) in [4.78, 5) is 8.46. The van der Waals surface area contributed by atoms with Crippen LogP contribution in [-0.4, -0.2) is 72.3 Å². The second kappa shape index (κ2) is 9.19. The number of aliphatic hydroxyl groups excluding tert-OH is 1. The summed E-state index contributed by atoms with van der Waals surface area (Å²) in [5, 5.41) is 12.0. The van der Waals surface area contributed by atoms with Crippen LogP contribution >= 0.6 is 0 Å². The molecular weight excluding hydrogens is 321 g/mol. The van der Waals surface area contributed by atoms with E-state index in [1.165, 1.54) is 6.07 Å². The van der Waals surface area contributed by atoms with Gasteiger partial charge >= 0.3 is 6.18 Å². The molecule has 0 spiro atoms. The minimum absolute atomic E-state index is 0.212. The van der Waals surface area contributed by atoms with Gasteiger partial charge in [0.2, 0.25) is 0 Å². The number of hydrogen-bond donors (Lipinski definition) is 2. The Bertz CT molecular complexity index is 473. The zero-order valence-corrected chi connectivity index (χ0v) is 13.7. The second-order valence-corrected chi connectivity index (χ2v) is 5.97. The molecule has 0 aromatic carbocycles. The molecule has 1 aromatic heterocycles. The fourth-order valence-corrected chi connectivity index (χ4v) is 2.72. The summed E-state index contributed by atoms with van der Waals surface area (Å²) in [5.74, 6) is 0.473. The van der Waals surface area contributed by atoms with Crippen LogP contribution in [0.1, 0.15) is 18.4 Å². The lowest BCUT2D eigenvalue weighted by molar-refractivity contribution is -0.137. The number of aromatic nitrogens is 1. The van der Waals surface area contributed by atoms with Crippen molar-refractivity contribution in [1.29, 1.82) is 0 Å². The summed E-state index contributed by atoms with van der Waals surface area (Å²) in [6.45, 7) is 6.71. The summed E-state index contributed by atoms with van der Waals surface area (Å²) in [7, 11) is 0. The maximum Gasteiger partial charge on any atom is 0.417 e. The first-order valence-corrected chi connectivity index (χ1v) is 8.32. The topological polar surface area (TPSA) is 51.6 Å². The number of anilines is 1. The molecule has 0 amide bonds. The van der Waals surface area contributed by atoms with Crippen LogP contribution in [0.3, 0.4) is 0 Å². The third-order valence-electron chi connectivity index (χ3n) is 4.18. The average molecular weight is 346 g/mol. The average Bonchev–Trinajstić information content (AvgIpc) is 2.56. The van der Waals surface area contributed by atoms with E-state index >= 15 is 0 Å². The number of nitrogens with zero attached hydrogens (tertiary/aromatic N) is 3. The molecule has 24 heavy (non-hydrogen) atoms. The van der Waals surface area contributed by atoms with E-state index in [-0.39, 0.29) is 6.61 Å². The van der Waals surface area contributed by atoms with Gasteiger partial charge in [-0.15, -0.1) is 0 Å². The Labute approximate surface area is 140 Å². The molecule has 2 N–H and O–H groups in total. The molecule has 2 heterocycles. The van der Waals surface area contributed by atoms with E-state index in [9.17, 15) is 13.2 Å². The van der Waals surface area contributed by atoms with Crippen molar-refractivity contribution >= 4 is 5.82 Å². The number of aliphatic hydroxyl groups is 1. The molecule has 1 aliphatic rings. The van der Waals surface area contributed by atoms with Crippen LogP contribution in [0.25, 0.3) is 0 Å². The molecule has 0 unspecified atom stereocenters. The standard InChI is InChI=1S/C16H25F3N4O/c17-16(18,19)14-3-4-15(21-13-14)20-5-1-2-6-22-7-9-23(10-8-22)11-12-24/h3-4,13,24H,1-2,5-12H2,(H,20,21). The summed E-state index contributed by atoms with van der Waals surface area (Å²) < 4.78 is 37.3. The van der Waals surface area contributed by atoms with E-state index in [2.05, 4.69) is 20.1 Å². The molecule has 1 fully saturated rings. The highest BCUT2D eigenvalue weighted by Gasteiger charge is 2.30. The lowest BCUT2D eigenvalue weighted by atomic mass is 10.2. The Morgan fingerprint density at radius 2 is 1.71 bits per heavy atom. The van der Waals surface area contributed by atoms with Crippen LogP contribution in [0, 0.1) is 0 Å². The Hall–Kier alpha value is -1.38. The number of pyridine rings is 1. The molecule has 8 heteroatoms. The number of nitrogens with one attached hydrogen (secondary N) is 1. The minimum atomic E-state index is -4.34. The molecule has 0 bridgehead atoms. The first kappa shape index (κ1) is 19.0. The van der Waals surface area contributed by atoms with E-state index in [4.69, 9.17) is 5.11 Å². The lowest BCUT2D eigenvalue weighted by Crippen LogP contribution is -2.47. The monoisotopic (exact) mass is 346 g/mol. The van der Waals surface area contributed by atoms with Gasteiger partial charge in [0.15, 0.2) is 0 Å². The van der Waals surface area contributed by atoms with Gasteiger partial charge in [0.1, 0.15) is 5.82 Å². The molecule has 5 nitrogen and oxygen atoms in total. The van der Waals surface area contributed by atoms with E-state index in [1.54, 1.807) is 0 Å². The number of alkyl halides is 3. The van der Waals surface area contributed by atoms with Crippen molar-refractivity contribution < 1.29 is 18.3 Å². The number of piperazine rings is 1. The second-order valence-electron chi connectivity index (χ2n) is 5.97. The molecule has 1 saturated heterocycles. The molecule has 1 aromatic rings. The zero-order chi connectivity index (χ0) is 17.4. The molecule has 2 rings (SSSR count). The first-order chi connectivity index (χ1) is 11.5.